The molecule has 1 aliphatic heterocycles. The van der Waals surface area contributed by atoms with Gasteiger partial charge < -0.3 is 15.1 Å². The number of amides is 2. The molecule has 2 N–H and O–H groups in total. The summed E-state index contributed by atoms with van der Waals surface area (Å²) in [4.78, 5) is 14.3. The smallest absolute Gasteiger partial charge is 0.319 e. The fraction of sp³-hybridized carbons (Fsp3) is 0.450. The van der Waals surface area contributed by atoms with Crippen LogP contribution in [0.5, 0.6) is 0 Å². The largest absolute Gasteiger partial charge is 0.466 e. The van der Waals surface area contributed by atoms with Crippen LogP contribution in [0, 0.1) is 31.4 Å². The molecule has 1 saturated heterocycles. The zero-order valence-corrected chi connectivity index (χ0v) is 15.6. The quantitative estimate of drug-likeness (QED) is 0.821. The second kappa shape index (κ2) is 8.52. The summed E-state index contributed by atoms with van der Waals surface area (Å²) >= 11 is 0. The summed E-state index contributed by atoms with van der Waals surface area (Å²) in [6.07, 6.45) is 1.93. The highest BCUT2D eigenvalue weighted by Crippen LogP contribution is 2.22. The number of urea groups is 1. The first-order valence-corrected chi connectivity index (χ1v) is 9.19. The fourth-order valence-corrected chi connectivity index (χ4v) is 3.44. The number of furan rings is 1. The van der Waals surface area contributed by atoms with Crippen molar-refractivity contribution in [3.8, 4) is 0 Å². The Hall–Kier alpha value is -2.41. The van der Waals surface area contributed by atoms with Gasteiger partial charge in [-0.25, -0.2) is 13.6 Å². The molecule has 1 fully saturated rings. The van der Waals surface area contributed by atoms with Gasteiger partial charge in [-0.15, -0.1) is 0 Å². The van der Waals surface area contributed by atoms with Gasteiger partial charge in [-0.2, -0.15) is 0 Å². The third-order valence-corrected chi connectivity index (χ3v) is 5.00. The maximum atomic E-state index is 13.6. The first-order chi connectivity index (χ1) is 12.9. The molecular formula is C20H25F2N3O2. The zero-order chi connectivity index (χ0) is 19.4. The van der Waals surface area contributed by atoms with Crippen molar-refractivity contribution in [2.75, 3.05) is 25.0 Å². The van der Waals surface area contributed by atoms with E-state index in [4.69, 9.17) is 4.42 Å². The van der Waals surface area contributed by atoms with Gasteiger partial charge >= 0.3 is 6.03 Å². The number of likely N-dealkylation sites (tertiary alicyclic amines) is 1. The predicted octanol–water partition coefficient (Wildman–Crippen LogP) is 4.21. The van der Waals surface area contributed by atoms with Gasteiger partial charge in [0.1, 0.15) is 28.8 Å². The van der Waals surface area contributed by atoms with E-state index in [0.717, 1.165) is 56.1 Å². The van der Waals surface area contributed by atoms with Crippen molar-refractivity contribution in [3.63, 3.8) is 0 Å². The van der Waals surface area contributed by atoms with Crippen molar-refractivity contribution in [3.05, 3.63) is 53.0 Å². The lowest BCUT2D eigenvalue weighted by Crippen LogP contribution is -2.39. The minimum Gasteiger partial charge on any atom is -0.466 e. The molecule has 2 aromatic rings. The molecule has 7 heteroatoms. The van der Waals surface area contributed by atoms with Crippen molar-refractivity contribution >= 4 is 11.7 Å². The average molecular weight is 377 g/mol. The monoisotopic (exact) mass is 377 g/mol. The summed E-state index contributed by atoms with van der Waals surface area (Å²) in [6.45, 7) is 7.18. The van der Waals surface area contributed by atoms with E-state index >= 15 is 0 Å². The van der Waals surface area contributed by atoms with Crippen LogP contribution in [-0.2, 0) is 6.54 Å². The molecule has 0 unspecified atom stereocenters. The first kappa shape index (κ1) is 19.4. The zero-order valence-electron chi connectivity index (χ0n) is 15.6. The van der Waals surface area contributed by atoms with Gasteiger partial charge in [-0.1, -0.05) is 6.07 Å². The van der Waals surface area contributed by atoms with Crippen LogP contribution in [0.4, 0.5) is 19.3 Å². The molecule has 0 atom stereocenters. The van der Waals surface area contributed by atoms with Gasteiger partial charge in [0.05, 0.1) is 0 Å². The van der Waals surface area contributed by atoms with Crippen molar-refractivity contribution in [2.45, 2.75) is 33.2 Å². The lowest BCUT2D eigenvalue weighted by molar-refractivity contribution is 0.175. The number of aryl methyl sites for hydroxylation is 2. The second-order valence-corrected chi connectivity index (χ2v) is 7.09. The van der Waals surface area contributed by atoms with Gasteiger partial charge in [0.2, 0.25) is 0 Å². The summed E-state index contributed by atoms with van der Waals surface area (Å²) in [7, 11) is 0. The molecular weight excluding hydrogens is 352 g/mol. The molecule has 1 aliphatic rings. The van der Waals surface area contributed by atoms with Gasteiger partial charge in [0.15, 0.2) is 0 Å². The Morgan fingerprint density at radius 2 is 1.89 bits per heavy atom. The number of anilines is 1. The Kier molecular flexibility index (Phi) is 6.11. The predicted molar refractivity (Wildman–Crippen MR) is 99.6 cm³/mol. The number of halogens is 2. The van der Waals surface area contributed by atoms with Crippen LogP contribution in [0.3, 0.4) is 0 Å². The van der Waals surface area contributed by atoms with Crippen molar-refractivity contribution < 1.29 is 18.0 Å². The highest BCUT2D eigenvalue weighted by Gasteiger charge is 2.21. The fourth-order valence-electron chi connectivity index (χ4n) is 3.44. The van der Waals surface area contributed by atoms with Gasteiger partial charge in [-0.05, 0) is 63.9 Å². The number of carbonyl (C=O) groups is 1. The van der Waals surface area contributed by atoms with Crippen LogP contribution in [0.15, 0.2) is 28.7 Å². The van der Waals surface area contributed by atoms with Crippen molar-refractivity contribution in [1.29, 1.82) is 0 Å². The molecule has 3 rings (SSSR count). The lowest BCUT2D eigenvalue weighted by atomic mass is 9.96. The number of hydrogen-bond acceptors (Lipinski definition) is 3. The molecule has 1 aromatic heterocycles. The molecule has 0 spiro atoms. The standard InChI is InChI=1S/C20H25F2N3O2/c1-13-10-16(14(2)27-13)12-25-8-6-15(7-9-25)11-23-20(26)24-19-17(21)4-3-5-18(19)22/h3-5,10,15H,6-9,11-12H2,1-2H3,(H2,23,24,26). The third-order valence-electron chi connectivity index (χ3n) is 5.00. The van der Waals surface area contributed by atoms with Crippen molar-refractivity contribution in [1.82, 2.24) is 10.2 Å². The van der Waals surface area contributed by atoms with Crippen LogP contribution in [-0.4, -0.2) is 30.6 Å². The van der Waals surface area contributed by atoms with Gasteiger partial charge in [0.25, 0.3) is 0 Å². The Bertz CT molecular complexity index is 778. The minimum atomic E-state index is -0.789. The average Bonchev–Trinajstić information content (AvgIpc) is 2.95. The van der Waals surface area contributed by atoms with Crippen LogP contribution in [0.25, 0.3) is 0 Å². The van der Waals surface area contributed by atoms with E-state index in [-0.39, 0.29) is 0 Å². The molecule has 0 aliphatic carbocycles. The van der Waals surface area contributed by atoms with Crippen LogP contribution >= 0.6 is 0 Å². The number of nitrogens with one attached hydrogen (secondary N) is 2. The molecule has 5 nitrogen and oxygen atoms in total. The molecule has 146 valence electrons. The van der Waals surface area contributed by atoms with E-state index < -0.39 is 23.4 Å². The van der Waals surface area contributed by atoms with E-state index in [9.17, 15) is 13.6 Å². The highest BCUT2D eigenvalue weighted by molar-refractivity contribution is 5.89. The highest BCUT2D eigenvalue weighted by atomic mass is 19.1. The summed E-state index contributed by atoms with van der Waals surface area (Å²) in [5.41, 5.74) is 0.797. The number of benzene rings is 1. The summed E-state index contributed by atoms with van der Waals surface area (Å²) in [5.74, 6) is 0.670. The van der Waals surface area contributed by atoms with E-state index in [0.29, 0.717) is 12.5 Å². The topological polar surface area (TPSA) is 57.5 Å². The van der Waals surface area contributed by atoms with Crippen LogP contribution in [0.1, 0.15) is 29.9 Å². The van der Waals surface area contributed by atoms with Crippen LogP contribution in [0.2, 0.25) is 0 Å². The third kappa shape index (κ3) is 5.07. The first-order valence-electron chi connectivity index (χ1n) is 9.19. The molecule has 0 radical (unpaired) electrons. The number of carbonyl (C=O) groups excluding carboxylic acids is 1. The molecule has 0 saturated carbocycles. The molecule has 1 aromatic carbocycles. The number of piperidine rings is 1. The summed E-state index contributed by atoms with van der Waals surface area (Å²) in [5, 5.41) is 4.96. The number of nitrogens with zero attached hydrogens (tertiary/aromatic N) is 1. The summed E-state index contributed by atoms with van der Waals surface area (Å²) < 4.78 is 32.7. The Labute approximate surface area is 157 Å². The molecule has 0 bridgehead atoms. The molecule has 2 amide bonds. The maximum absolute atomic E-state index is 13.6. The minimum absolute atomic E-state index is 0.352. The van der Waals surface area contributed by atoms with Crippen molar-refractivity contribution in [2.24, 2.45) is 5.92 Å². The SMILES string of the molecule is Cc1cc(CN2CCC(CNC(=O)Nc3c(F)cccc3F)CC2)c(C)o1. The number of para-hydroxylation sites is 1. The van der Waals surface area contributed by atoms with E-state index in [1.54, 1.807) is 0 Å². The lowest BCUT2D eigenvalue weighted by Gasteiger charge is -2.31. The van der Waals surface area contributed by atoms with Gasteiger partial charge in [-0.3, -0.25) is 4.90 Å². The Balaban J connectivity index is 1.41. The maximum Gasteiger partial charge on any atom is 0.319 e. The van der Waals surface area contributed by atoms with Gasteiger partial charge in [0, 0.05) is 18.7 Å². The second-order valence-electron chi connectivity index (χ2n) is 7.09. The molecule has 27 heavy (non-hydrogen) atoms. The molecule has 2 heterocycles. The van der Waals surface area contributed by atoms with E-state index in [1.165, 1.54) is 11.6 Å². The van der Waals surface area contributed by atoms with Crippen LogP contribution < -0.4 is 10.6 Å². The van der Waals surface area contributed by atoms with E-state index in [2.05, 4.69) is 21.6 Å². The normalized spacial score (nSPS) is 15.7. The number of hydrogen-bond donors (Lipinski definition) is 2. The van der Waals surface area contributed by atoms with E-state index in [1.807, 2.05) is 13.8 Å². The Morgan fingerprint density at radius 3 is 2.48 bits per heavy atom. The Morgan fingerprint density at radius 1 is 1.22 bits per heavy atom. The number of rotatable bonds is 5. The summed E-state index contributed by atoms with van der Waals surface area (Å²) in [6, 6.07) is 4.96.